The van der Waals surface area contributed by atoms with Crippen LogP contribution in [0.15, 0.2) is 62.8 Å². The van der Waals surface area contributed by atoms with Crippen molar-refractivity contribution >= 4 is 38.7 Å². The molecule has 1 aromatic heterocycles. The molecule has 142 valence electrons. The molecule has 2 aliphatic rings. The van der Waals surface area contributed by atoms with Crippen molar-refractivity contribution in [2.24, 2.45) is 5.73 Å². The van der Waals surface area contributed by atoms with E-state index >= 15 is 0 Å². The van der Waals surface area contributed by atoms with Gasteiger partial charge in [0.1, 0.15) is 11.6 Å². The molecule has 2 aromatic rings. The Labute approximate surface area is 175 Å². The predicted molar refractivity (Wildman–Crippen MR) is 113 cm³/mol. The largest absolute Gasteiger partial charge is 0.497 e. The number of benzene rings is 1. The maximum atomic E-state index is 13.0. The molecule has 1 aliphatic heterocycles. The van der Waals surface area contributed by atoms with Crippen LogP contribution in [-0.4, -0.2) is 12.9 Å². The third kappa shape index (κ3) is 3.03. The van der Waals surface area contributed by atoms with Crippen molar-refractivity contribution in [3.8, 4) is 11.8 Å². The van der Waals surface area contributed by atoms with E-state index in [1.807, 2.05) is 40.6 Å². The first-order valence-corrected chi connectivity index (χ1v) is 10.6. The van der Waals surface area contributed by atoms with Crippen molar-refractivity contribution in [3.05, 3.63) is 67.7 Å². The molecule has 0 radical (unpaired) electrons. The summed E-state index contributed by atoms with van der Waals surface area (Å²) < 4.78 is 6.18. The Hall–Kier alpha value is -2.56. The molecule has 0 spiro atoms. The third-order valence-corrected chi connectivity index (χ3v) is 6.87. The van der Waals surface area contributed by atoms with Crippen LogP contribution in [0, 0.1) is 11.3 Å². The molecular weight excluding hydrogens is 438 g/mol. The summed E-state index contributed by atoms with van der Waals surface area (Å²) in [6.07, 6.45) is 2.02. The minimum atomic E-state index is -0.404. The monoisotopic (exact) mass is 455 g/mol. The fourth-order valence-electron chi connectivity index (χ4n) is 3.88. The fraction of sp³-hybridized carbons (Fsp3) is 0.238. The van der Waals surface area contributed by atoms with Gasteiger partial charge in [0.2, 0.25) is 0 Å². The number of nitriles is 1. The molecule has 0 amide bonds. The molecule has 1 aliphatic carbocycles. The topological polar surface area (TPSA) is 79.3 Å². The minimum Gasteiger partial charge on any atom is -0.497 e. The van der Waals surface area contributed by atoms with Crippen molar-refractivity contribution in [1.29, 1.82) is 5.26 Å². The third-order valence-electron chi connectivity index (χ3n) is 5.12. The Morgan fingerprint density at radius 2 is 2.07 bits per heavy atom. The standard InChI is InChI=1S/C21H18BrN3O2S/c1-27-14-7-5-13(6-8-14)25-16-3-2-4-17(26)20(16)19(15(10-23)21(25)24)18-9-12(22)11-28-18/h5-9,11,19H,2-4,24H2,1H3. The number of thiophene rings is 1. The lowest BCUT2D eigenvalue weighted by Gasteiger charge is -2.39. The first kappa shape index (κ1) is 18.8. The van der Waals surface area contributed by atoms with Gasteiger partial charge in [0.05, 0.1) is 24.7 Å². The van der Waals surface area contributed by atoms with E-state index in [1.165, 1.54) is 11.3 Å². The van der Waals surface area contributed by atoms with Gasteiger partial charge in [-0.05, 0) is 59.1 Å². The second-order valence-corrected chi connectivity index (χ2v) is 8.54. The van der Waals surface area contributed by atoms with Gasteiger partial charge in [0.25, 0.3) is 0 Å². The smallest absolute Gasteiger partial charge is 0.161 e. The SMILES string of the molecule is COc1ccc(N2C(N)=C(C#N)C(c3cc(Br)cs3)C3=C2CCCC3=O)cc1. The zero-order valence-corrected chi connectivity index (χ0v) is 17.6. The highest BCUT2D eigenvalue weighted by Gasteiger charge is 2.40. The molecule has 1 unspecified atom stereocenters. The maximum absolute atomic E-state index is 13.0. The van der Waals surface area contributed by atoms with Crippen LogP contribution < -0.4 is 15.4 Å². The molecule has 4 rings (SSSR count). The summed E-state index contributed by atoms with van der Waals surface area (Å²) in [5.74, 6) is 0.808. The number of anilines is 1. The second kappa shape index (κ2) is 7.46. The first-order chi connectivity index (χ1) is 13.5. The Balaban J connectivity index is 1.92. The van der Waals surface area contributed by atoms with Gasteiger partial charge in [-0.2, -0.15) is 5.26 Å². The van der Waals surface area contributed by atoms with E-state index in [0.29, 0.717) is 23.4 Å². The predicted octanol–water partition coefficient (Wildman–Crippen LogP) is 4.82. The summed E-state index contributed by atoms with van der Waals surface area (Å²) in [6, 6.07) is 11.7. The summed E-state index contributed by atoms with van der Waals surface area (Å²) >= 11 is 5.01. The van der Waals surface area contributed by atoms with Gasteiger partial charge in [0.15, 0.2) is 5.78 Å². The zero-order valence-electron chi connectivity index (χ0n) is 15.2. The van der Waals surface area contributed by atoms with E-state index < -0.39 is 5.92 Å². The minimum absolute atomic E-state index is 0.0922. The maximum Gasteiger partial charge on any atom is 0.161 e. The Bertz CT molecular complexity index is 1050. The average molecular weight is 456 g/mol. The van der Waals surface area contributed by atoms with Crippen molar-refractivity contribution < 1.29 is 9.53 Å². The number of nitrogens with two attached hydrogens (primary N) is 1. The molecule has 1 aromatic carbocycles. The van der Waals surface area contributed by atoms with E-state index in [1.54, 1.807) is 7.11 Å². The van der Waals surface area contributed by atoms with E-state index in [-0.39, 0.29) is 5.78 Å². The summed E-state index contributed by atoms with van der Waals surface area (Å²) in [5.41, 5.74) is 9.35. The Morgan fingerprint density at radius 3 is 2.68 bits per heavy atom. The normalized spacial score (nSPS) is 19.5. The van der Waals surface area contributed by atoms with E-state index in [4.69, 9.17) is 10.5 Å². The number of carbonyl (C=O) groups is 1. The number of hydrogen-bond donors (Lipinski definition) is 1. The number of ether oxygens (including phenoxy) is 1. The van der Waals surface area contributed by atoms with Crippen LogP contribution in [0.25, 0.3) is 0 Å². The molecule has 5 nitrogen and oxygen atoms in total. The van der Waals surface area contributed by atoms with Crippen molar-refractivity contribution in [2.75, 3.05) is 12.0 Å². The molecule has 28 heavy (non-hydrogen) atoms. The van der Waals surface area contributed by atoms with Crippen LogP contribution in [0.2, 0.25) is 0 Å². The highest BCUT2D eigenvalue weighted by molar-refractivity contribution is 9.10. The molecule has 0 fully saturated rings. The van der Waals surface area contributed by atoms with Gasteiger partial charge in [0, 0.05) is 38.1 Å². The van der Waals surface area contributed by atoms with Crippen molar-refractivity contribution in [3.63, 3.8) is 0 Å². The summed E-state index contributed by atoms with van der Waals surface area (Å²) in [7, 11) is 1.61. The number of allylic oxidation sites excluding steroid dienone is 3. The van der Waals surface area contributed by atoms with E-state index in [9.17, 15) is 10.1 Å². The lowest BCUT2D eigenvalue weighted by Crippen LogP contribution is -2.38. The molecule has 0 saturated carbocycles. The number of hydrogen-bond acceptors (Lipinski definition) is 6. The number of nitrogens with zero attached hydrogens (tertiary/aromatic N) is 2. The fourth-order valence-corrected chi connectivity index (χ4v) is 5.44. The van der Waals surface area contributed by atoms with Crippen LogP contribution in [-0.2, 0) is 4.79 Å². The average Bonchev–Trinajstić information content (AvgIpc) is 3.13. The van der Waals surface area contributed by atoms with E-state index in [2.05, 4.69) is 22.0 Å². The second-order valence-electron chi connectivity index (χ2n) is 6.68. The molecule has 0 bridgehead atoms. The quantitative estimate of drug-likeness (QED) is 0.716. The lowest BCUT2D eigenvalue weighted by molar-refractivity contribution is -0.116. The Kier molecular flexibility index (Phi) is 5.00. The highest BCUT2D eigenvalue weighted by atomic mass is 79.9. The molecule has 2 N–H and O–H groups in total. The molecule has 0 saturated heterocycles. The summed E-state index contributed by atoms with van der Waals surface area (Å²) in [4.78, 5) is 15.8. The molecule has 1 atom stereocenters. The van der Waals surface area contributed by atoms with Crippen LogP contribution in [0.4, 0.5) is 5.69 Å². The van der Waals surface area contributed by atoms with Crippen molar-refractivity contribution in [1.82, 2.24) is 0 Å². The molecule has 2 heterocycles. The van der Waals surface area contributed by atoms with Gasteiger partial charge in [-0.1, -0.05) is 0 Å². The number of ketones is 1. The highest BCUT2D eigenvalue weighted by Crippen LogP contribution is 2.47. The van der Waals surface area contributed by atoms with Gasteiger partial charge in [-0.25, -0.2) is 0 Å². The lowest BCUT2D eigenvalue weighted by atomic mass is 9.78. The van der Waals surface area contributed by atoms with Crippen LogP contribution in [0.3, 0.4) is 0 Å². The van der Waals surface area contributed by atoms with Crippen LogP contribution >= 0.6 is 27.3 Å². The zero-order chi connectivity index (χ0) is 19.8. The summed E-state index contributed by atoms with van der Waals surface area (Å²) in [5, 5.41) is 11.9. The van der Waals surface area contributed by atoms with Gasteiger partial charge >= 0.3 is 0 Å². The Morgan fingerprint density at radius 1 is 1.32 bits per heavy atom. The molecule has 7 heteroatoms. The van der Waals surface area contributed by atoms with Crippen molar-refractivity contribution in [2.45, 2.75) is 25.2 Å². The number of halogens is 1. The number of Topliss-reactive ketones (excluding diaryl/α,β-unsaturated/α-hetero) is 1. The van der Waals surface area contributed by atoms with Gasteiger partial charge in [-0.3, -0.25) is 9.69 Å². The van der Waals surface area contributed by atoms with Gasteiger partial charge < -0.3 is 10.5 Å². The van der Waals surface area contributed by atoms with Crippen LogP contribution in [0.1, 0.15) is 30.1 Å². The van der Waals surface area contributed by atoms with Gasteiger partial charge in [-0.15, -0.1) is 11.3 Å². The first-order valence-electron chi connectivity index (χ1n) is 8.89. The van der Waals surface area contributed by atoms with E-state index in [0.717, 1.165) is 39.3 Å². The van der Waals surface area contributed by atoms with Crippen LogP contribution in [0.5, 0.6) is 5.75 Å². The summed E-state index contributed by atoms with van der Waals surface area (Å²) in [6.45, 7) is 0. The number of carbonyl (C=O) groups excluding carboxylic acids is 1. The number of rotatable bonds is 3. The molecular formula is C21H18BrN3O2S. The number of methoxy groups -OCH3 is 1.